The van der Waals surface area contributed by atoms with Gasteiger partial charge in [0.25, 0.3) is 5.78 Å². The fraction of sp³-hybridized carbons (Fsp3) is 0.308. The predicted molar refractivity (Wildman–Crippen MR) is 80.1 cm³/mol. The average molecular weight is 352 g/mol. The molecule has 0 aliphatic heterocycles. The van der Waals surface area contributed by atoms with E-state index in [0.717, 1.165) is 28.4 Å². The molecule has 0 aliphatic rings. The van der Waals surface area contributed by atoms with Crippen LogP contribution in [0.4, 0.5) is 5.82 Å². The second kappa shape index (κ2) is 6.23. The van der Waals surface area contributed by atoms with Crippen molar-refractivity contribution in [2.75, 3.05) is 19.0 Å². The molecule has 3 heterocycles. The second-order valence-corrected chi connectivity index (χ2v) is 5.20. The van der Waals surface area contributed by atoms with Crippen LogP contribution in [0.3, 0.4) is 0 Å². The molecule has 0 saturated heterocycles. The number of methoxy groups -OCH3 is 1. The number of aromatic nitrogens is 4. The van der Waals surface area contributed by atoms with Gasteiger partial charge >= 0.3 is 0 Å². The molecule has 110 valence electrons. The number of fused-ring (bicyclic) bond motifs is 1. The van der Waals surface area contributed by atoms with Crippen molar-refractivity contribution in [1.29, 1.82) is 0 Å². The Labute approximate surface area is 129 Å². The molecular weight excluding hydrogens is 338 g/mol. The third kappa shape index (κ3) is 3.22. The molecule has 0 radical (unpaired) electrons. The van der Waals surface area contributed by atoms with Crippen molar-refractivity contribution < 1.29 is 9.15 Å². The summed E-state index contributed by atoms with van der Waals surface area (Å²) in [5.41, 5.74) is 0.807. The first-order chi connectivity index (χ1) is 10.3. The summed E-state index contributed by atoms with van der Waals surface area (Å²) >= 11 is 3.29. The zero-order valence-electron chi connectivity index (χ0n) is 11.4. The summed E-state index contributed by atoms with van der Waals surface area (Å²) in [7, 11) is 1.64. The number of furan rings is 1. The van der Waals surface area contributed by atoms with E-state index in [2.05, 4.69) is 36.3 Å². The summed E-state index contributed by atoms with van der Waals surface area (Å²) in [6.07, 6.45) is 2.25. The van der Waals surface area contributed by atoms with Gasteiger partial charge in [0.05, 0.1) is 12.3 Å². The molecule has 0 bridgehead atoms. The maximum atomic E-state index is 5.47. The molecule has 0 atom stereocenters. The molecule has 7 nitrogen and oxygen atoms in total. The lowest BCUT2D eigenvalue weighted by Crippen LogP contribution is -2.10. The van der Waals surface area contributed by atoms with Gasteiger partial charge in [-0.25, -0.2) is 4.98 Å². The van der Waals surface area contributed by atoms with E-state index < -0.39 is 0 Å². The van der Waals surface area contributed by atoms with E-state index in [1.165, 1.54) is 6.33 Å². The molecular formula is C13H14BrN5O2. The van der Waals surface area contributed by atoms with E-state index in [1.54, 1.807) is 11.6 Å². The van der Waals surface area contributed by atoms with Crippen LogP contribution in [-0.4, -0.2) is 33.2 Å². The molecule has 0 amide bonds. The maximum absolute atomic E-state index is 5.47. The van der Waals surface area contributed by atoms with Gasteiger partial charge in [0.1, 0.15) is 17.9 Å². The minimum atomic E-state index is 0.434. The Hall–Kier alpha value is -1.93. The van der Waals surface area contributed by atoms with Crippen LogP contribution < -0.4 is 5.32 Å². The largest absolute Gasteiger partial charge is 0.454 e. The molecule has 3 rings (SSSR count). The Morgan fingerprint density at radius 3 is 3.10 bits per heavy atom. The van der Waals surface area contributed by atoms with E-state index in [-0.39, 0.29) is 0 Å². The van der Waals surface area contributed by atoms with Crippen LogP contribution >= 0.6 is 15.9 Å². The van der Waals surface area contributed by atoms with Crippen molar-refractivity contribution in [3.63, 3.8) is 0 Å². The van der Waals surface area contributed by atoms with Gasteiger partial charge < -0.3 is 14.5 Å². The standard InChI is InChI=1S/C13H14BrN5O2/c1-20-7-9-6-12(19-13(18-9)16-8-17-19)15-5-4-10-2-3-11(14)21-10/h2-3,6,8,15H,4-5,7H2,1H3. The minimum Gasteiger partial charge on any atom is -0.454 e. The lowest BCUT2D eigenvalue weighted by atomic mass is 10.3. The van der Waals surface area contributed by atoms with Gasteiger partial charge in [0, 0.05) is 26.1 Å². The van der Waals surface area contributed by atoms with E-state index in [0.29, 0.717) is 18.9 Å². The summed E-state index contributed by atoms with van der Waals surface area (Å²) < 4.78 is 13.0. The van der Waals surface area contributed by atoms with Gasteiger partial charge in [-0.1, -0.05) is 0 Å². The van der Waals surface area contributed by atoms with Crippen molar-refractivity contribution in [1.82, 2.24) is 19.6 Å². The van der Waals surface area contributed by atoms with Gasteiger partial charge in [-0.2, -0.15) is 14.6 Å². The van der Waals surface area contributed by atoms with Crippen molar-refractivity contribution in [3.8, 4) is 0 Å². The van der Waals surface area contributed by atoms with Crippen LogP contribution in [0, 0.1) is 0 Å². The number of halogens is 1. The van der Waals surface area contributed by atoms with Crippen LogP contribution in [0.1, 0.15) is 11.5 Å². The zero-order valence-corrected chi connectivity index (χ0v) is 13.0. The highest BCUT2D eigenvalue weighted by atomic mass is 79.9. The molecule has 0 spiro atoms. The number of anilines is 1. The van der Waals surface area contributed by atoms with Crippen LogP contribution in [0.15, 0.2) is 33.6 Å². The Morgan fingerprint density at radius 2 is 2.33 bits per heavy atom. The fourth-order valence-corrected chi connectivity index (χ4v) is 2.35. The quantitative estimate of drug-likeness (QED) is 0.733. The number of ether oxygens (including phenoxy) is 1. The number of nitrogens with one attached hydrogen (secondary N) is 1. The third-order valence-electron chi connectivity index (χ3n) is 2.90. The van der Waals surface area contributed by atoms with E-state index in [9.17, 15) is 0 Å². The van der Waals surface area contributed by atoms with Crippen molar-refractivity contribution in [2.24, 2.45) is 0 Å². The van der Waals surface area contributed by atoms with Crippen LogP contribution in [-0.2, 0) is 17.8 Å². The van der Waals surface area contributed by atoms with Crippen LogP contribution in [0.25, 0.3) is 5.78 Å². The normalized spacial score (nSPS) is 11.1. The summed E-state index contributed by atoms with van der Waals surface area (Å²) in [5.74, 6) is 2.29. The Balaban J connectivity index is 1.74. The van der Waals surface area contributed by atoms with Crippen LogP contribution in [0.2, 0.25) is 0 Å². The fourth-order valence-electron chi connectivity index (χ4n) is 2.01. The van der Waals surface area contributed by atoms with Crippen LogP contribution in [0.5, 0.6) is 0 Å². The molecule has 1 N–H and O–H groups in total. The predicted octanol–water partition coefficient (Wildman–Crippen LogP) is 2.28. The maximum Gasteiger partial charge on any atom is 0.254 e. The molecule has 21 heavy (non-hydrogen) atoms. The van der Waals surface area contributed by atoms with Crippen molar-refractivity contribution in [2.45, 2.75) is 13.0 Å². The molecule has 0 saturated carbocycles. The number of hydrogen-bond acceptors (Lipinski definition) is 6. The highest BCUT2D eigenvalue weighted by molar-refractivity contribution is 9.10. The molecule has 0 aliphatic carbocycles. The summed E-state index contributed by atoms with van der Waals surface area (Å²) in [6, 6.07) is 5.73. The Morgan fingerprint density at radius 1 is 1.43 bits per heavy atom. The zero-order chi connectivity index (χ0) is 14.7. The molecule has 0 unspecified atom stereocenters. The van der Waals surface area contributed by atoms with Gasteiger partial charge in [-0.3, -0.25) is 0 Å². The molecule has 3 aromatic rings. The lowest BCUT2D eigenvalue weighted by molar-refractivity contribution is 0.181. The monoisotopic (exact) mass is 351 g/mol. The SMILES string of the molecule is COCc1cc(NCCc2ccc(Br)o2)n2ncnc2n1. The molecule has 0 fully saturated rings. The lowest BCUT2D eigenvalue weighted by Gasteiger charge is -2.08. The first-order valence-corrected chi connectivity index (χ1v) is 7.22. The van der Waals surface area contributed by atoms with E-state index in [1.807, 2.05) is 18.2 Å². The Bertz CT molecular complexity index is 739. The highest BCUT2D eigenvalue weighted by Gasteiger charge is 2.07. The first-order valence-electron chi connectivity index (χ1n) is 6.43. The van der Waals surface area contributed by atoms with Gasteiger partial charge in [0.2, 0.25) is 0 Å². The Kier molecular flexibility index (Phi) is 4.16. The van der Waals surface area contributed by atoms with E-state index in [4.69, 9.17) is 9.15 Å². The second-order valence-electron chi connectivity index (χ2n) is 4.42. The van der Waals surface area contributed by atoms with Gasteiger partial charge in [0.15, 0.2) is 4.67 Å². The van der Waals surface area contributed by atoms with Gasteiger partial charge in [-0.15, -0.1) is 0 Å². The number of rotatable bonds is 6. The summed E-state index contributed by atoms with van der Waals surface area (Å²) in [4.78, 5) is 8.47. The number of hydrogen-bond donors (Lipinski definition) is 1. The topological polar surface area (TPSA) is 77.5 Å². The minimum absolute atomic E-state index is 0.434. The van der Waals surface area contributed by atoms with Gasteiger partial charge in [-0.05, 0) is 28.1 Å². The smallest absolute Gasteiger partial charge is 0.254 e. The molecule has 3 aromatic heterocycles. The summed E-state index contributed by atoms with van der Waals surface area (Å²) in [5, 5.41) is 7.48. The third-order valence-corrected chi connectivity index (χ3v) is 3.33. The number of nitrogens with zero attached hydrogens (tertiary/aromatic N) is 4. The summed E-state index contributed by atoms with van der Waals surface area (Å²) in [6.45, 7) is 1.15. The van der Waals surface area contributed by atoms with E-state index >= 15 is 0 Å². The highest BCUT2D eigenvalue weighted by Crippen LogP contribution is 2.15. The molecule has 0 aromatic carbocycles. The first kappa shape index (κ1) is 14.0. The molecule has 8 heteroatoms. The average Bonchev–Trinajstić information content (AvgIpc) is 3.08. The van der Waals surface area contributed by atoms with Crippen molar-refractivity contribution in [3.05, 3.63) is 40.7 Å². The van der Waals surface area contributed by atoms with Crippen molar-refractivity contribution >= 4 is 27.5 Å².